The average Bonchev–Trinajstić information content (AvgIpc) is 3.49. The molecule has 6 nitrogen and oxygen atoms in total. The zero-order valence-corrected chi connectivity index (χ0v) is 16.4. The third-order valence-corrected chi connectivity index (χ3v) is 5.52. The Morgan fingerprint density at radius 3 is 2.37 bits per heavy atom. The van der Waals surface area contributed by atoms with Crippen molar-refractivity contribution in [3.63, 3.8) is 0 Å². The molecule has 148 valence electrons. The van der Waals surface area contributed by atoms with Crippen LogP contribution in [0.25, 0.3) is 0 Å². The highest BCUT2D eigenvalue weighted by Crippen LogP contribution is 2.32. The molecule has 2 aliphatic rings. The Bertz CT molecular complexity index is 667. The second-order valence-electron chi connectivity index (χ2n) is 7.64. The van der Waals surface area contributed by atoms with Gasteiger partial charge in [0.1, 0.15) is 0 Å². The first kappa shape index (κ1) is 19.5. The van der Waals surface area contributed by atoms with Gasteiger partial charge in [0.25, 0.3) is 0 Å². The van der Waals surface area contributed by atoms with Crippen LogP contribution in [0.1, 0.15) is 57.4 Å². The third kappa shape index (κ3) is 5.37. The van der Waals surface area contributed by atoms with Crippen LogP contribution in [-0.4, -0.2) is 36.2 Å². The summed E-state index contributed by atoms with van der Waals surface area (Å²) < 4.78 is 4.94. The molecule has 0 atom stereocenters. The summed E-state index contributed by atoms with van der Waals surface area (Å²) in [5, 5.41) is 5.79. The molecular weight excluding hydrogens is 342 g/mol. The van der Waals surface area contributed by atoms with Crippen LogP contribution in [0.2, 0.25) is 0 Å². The van der Waals surface area contributed by atoms with Crippen molar-refractivity contribution in [2.75, 3.05) is 23.8 Å². The fraction of sp³-hybridized carbons (Fsp3) is 0.619. The molecule has 2 N–H and O–H groups in total. The number of benzene rings is 1. The molecule has 27 heavy (non-hydrogen) atoms. The van der Waals surface area contributed by atoms with Crippen molar-refractivity contribution in [3.8, 4) is 0 Å². The van der Waals surface area contributed by atoms with Crippen molar-refractivity contribution in [3.05, 3.63) is 23.8 Å². The van der Waals surface area contributed by atoms with Gasteiger partial charge in [-0.2, -0.15) is 0 Å². The van der Waals surface area contributed by atoms with Gasteiger partial charge in [-0.15, -0.1) is 0 Å². The number of anilines is 2. The van der Waals surface area contributed by atoms with Crippen LogP contribution < -0.4 is 10.6 Å². The minimum Gasteiger partial charge on any atom is -0.450 e. The molecule has 3 amide bonds. The molecular formula is C21H31N3O3. The quantitative estimate of drug-likeness (QED) is 0.725. The van der Waals surface area contributed by atoms with Crippen LogP contribution in [0.3, 0.4) is 0 Å². The maximum atomic E-state index is 13.0. The van der Waals surface area contributed by atoms with E-state index in [1.54, 1.807) is 6.92 Å². The SMILES string of the molecule is CCOC(=O)Nc1cccc(NC(=O)N(CC2CCCCC2)C2CC2)c1C. The van der Waals surface area contributed by atoms with E-state index in [1.165, 1.54) is 32.1 Å². The standard InChI is InChI=1S/C21H31N3O3/c1-3-27-21(26)23-19-11-7-10-18(15(19)2)22-20(25)24(17-12-13-17)14-16-8-5-4-6-9-16/h7,10-11,16-17H,3-6,8-9,12-14H2,1-2H3,(H,22,25)(H,23,26). The molecule has 0 aromatic heterocycles. The summed E-state index contributed by atoms with van der Waals surface area (Å²) in [5.74, 6) is 0.628. The molecule has 0 saturated heterocycles. The van der Waals surface area contributed by atoms with E-state index >= 15 is 0 Å². The van der Waals surface area contributed by atoms with Crippen molar-refractivity contribution < 1.29 is 14.3 Å². The first-order valence-electron chi connectivity index (χ1n) is 10.2. The van der Waals surface area contributed by atoms with Crippen LogP contribution >= 0.6 is 0 Å². The highest BCUT2D eigenvalue weighted by Gasteiger charge is 2.34. The summed E-state index contributed by atoms with van der Waals surface area (Å²) in [6.07, 6.45) is 8.07. The Morgan fingerprint density at radius 1 is 1.07 bits per heavy atom. The number of urea groups is 1. The first-order chi connectivity index (χ1) is 13.1. The fourth-order valence-electron chi connectivity index (χ4n) is 3.80. The number of amides is 3. The van der Waals surface area contributed by atoms with Crippen molar-refractivity contribution in [2.45, 2.75) is 64.8 Å². The monoisotopic (exact) mass is 373 g/mol. The zero-order valence-electron chi connectivity index (χ0n) is 16.4. The fourth-order valence-corrected chi connectivity index (χ4v) is 3.80. The molecule has 3 rings (SSSR count). The van der Waals surface area contributed by atoms with Gasteiger partial charge in [0.2, 0.25) is 0 Å². The van der Waals surface area contributed by atoms with E-state index in [0.717, 1.165) is 30.6 Å². The number of carbonyl (C=O) groups is 2. The number of nitrogens with zero attached hydrogens (tertiary/aromatic N) is 1. The lowest BCUT2D eigenvalue weighted by Crippen LogP contribution is -2.40. The van der Waals surface area contributed by atoms with E-state index in [9.17, 15) is 9.59 Å². The molecule has 0 unspecified atom stereocenters. The maximum Gasteiger partial charge on any atom is 0.411 e. The van der Waals surface area contributed by atoms with E-state index in [-0.39, 0.29) is 6.03 Å². The van der Waals surface area contributed by atoms with Gasteiger partial charge < -0.3 is 15.0 Å². The second-order valence-corrected chi connectivity index (χ2v) is 7.64. The second kappa shape index (κ2) is 9.11. The van der Waals surface area contributed by atoms with Crippen LogP contribution in [0.4, 0.5) is 21.0 Å². The minimum absolute atomic E-state index is 0.0283. The molecule has 1 aromatic rings. The number of carbonyl (C=O) groups excluding carboxylic acids is 2. The average molecular weight is 373 g/mol. The molecule has 0 bridgehead atoms. The Kier molecular flexibility index (Phi) is 6.58. The summed E-state index contributed by atoms with van der Waals surface area (Å²) in [4.78, 5) is 26.7. The Labute approximate surface area is 161 Å². The number of hydrogen-bond acceptors (Lipinski definition) is 3. The normalized spacial score (nSPS) is 17.3. The van der Waals surface area contributed by atoms with E-state index in [2.05, 4.69) is 10.6 Å². The Hall–Kier alpha value is -2.24. The molecule has 6 heteroatoms. The molecule has 2 saturated carbocycles. The first-order valence-corrected chi connectivity index (χ1v) is 10.2. The van der Waals surface area contributed by atoms with Crippen molar-refractivity contribution in [2.24, 2.45) is 5.92 Å². The highest BCUT2D eigenvalue weighted by atomic mass is 16.5. The summed E-state index contributed by atoms with van der Waals surface area (Å²) in [5.41, 5.74) is 2.20. The number of ether oxygens (including phenoxy) is 1. The predicted octanol–water partition coefficient (Wildman–Crippen LogP) is 5.14. The van der Waals surface area contributed by atoms with Crippen LogP contribution in [0.5, 0.6) is 0 Å². The lowest BCUT2D eigenvalue weighted by atomic mass is 9.89. The largest absolute Gasteiger partial charge is 0.450 e. The summed E-state index contributed by atoms with van der Waals surface area (Å²) in [6, 6.07) is 5.86. The number of hydrogen-bond donors (Lipinski definition) is 2. The van der Waals surface area contributed by atoms with Crippen LogP contribution in [0.15, 0.2) is 18.2 Å². The van der Waals surface area contributed by atoms with Crippen LogP contribution in [0, 0.1) is 12.8 Å². The van der Waals surface area contributed by atoms with E-state index in [1.807, 2.05) is 30.0 Å². The van der Waals surface area contributed by atoms with Crippen molar-refractivity contribution in [1.82, 2.24) is 4.90 Å². The smallest absolute Gasteiger partial charge is 0.411 e. The molecule has 2 fully saturated rings. The highest BCUT2D eigenvalue weighted by molar-refractivity contribution is 5.93. The maximum absolute atomic E-state index is 13.0. The molecule has 0 heterocycles. The zero-order chi connectivity index (χ0) is 19.2. The summed E-state index contributed by atoms with van der Waals surface area (Å²) in [7, 11) is 0. The van der Waals surface area contributed by atoms with Gasteiger partial charge in [-0.25, -0.2) is 9.59 Å². The van der Waals surface area contributed by atoms with Gasteiger partial charge in [-0.3, -0.25) is 5.32 Å². The molecule has 0 aliphatic heterocycles. The van der Waals surface area contributed by atoms with Gasteiger partial charge in [0.05, 0.1) is 6.61 Å². The van der Waals surface area contributed by atoms with Crippen molar-refractivity contribution >= 4 is 23.5 Å². The lowest BCUT2D eigenvalue weighted by molar-refractivity contribution is 0.168. The van der Waals surface area contributed by atoms with Crippen molar-refractivity contribution in [1.29, 1.82) is 0 Å². The summed E-state index contributed by atoms with van der Waals surface area (Å²) >= 11 is 0. The minimum atomic E-state index is -0.485. The molecule has 0 radical (unpaired) electrons. The molecule has 1 aromatic carbocycles. The lowest BCUT2D eigenvalue weighted by Gasteiger charge is -2.30. The van der Waals surface area contributed by atoms with E-state index < -0.39 is 6.09 Å². The molecule has 0 spiro atoms. The number of nitrogens with one attached hydrogen (secondary N) is 2. The van der Waals surface area contributed by atoms with Gasteiger partial charge in [0, 0.05) is 24.0 Å². The van der Waals surface area contributed by atoms with E-state index in [0.29, 0.717) is 24.3 Å². The van der Waals surface area contributed by atoms with Gasteiger partial charge in [0.15, 0.2) is 0 Å². The Morgan fingerprint density at radius 2 is 1.74 bits per heavy atom. The summed E-state index contributed by atoms with van der Waals surface area (Å²) in [6.45, 7) is 4.83. The number of rotatable bonds is 6. The van der Waals surface area contributed by atoms with Gasteiger partial charge in [-0.05, 0) is 63.1 Å². The predicted molar refractivity (Wildman–Crippen MR) is 107 cm³/mol. The molecule has 2 aliphatic carbocycles. The van der Waals surface area contributed by atoms with Gasteiger partial charge in [-0.1, -0.05) is 25.3 Å². The van der Waals surface area contributed by atoms with E-state index in [4.69, 9.17) is 4.74 Å². The van der Waals surface area contributed by atoms with Gasteiger partial charge >= 0.3 is 12.1 Å². The topological polar surface area (TPSA) is 70.7 Å². The Balaban J connectivity index is 1.65. The van der Waals surface area contributed by atoms with Crippen LogP contribution in [-0.2, 0) is 4.74 Å². The third-order valence-electron chi connectivity index (χ3n) is 5.52.